The molecule has 1 rings (SSSR count). The van der Waals surface area contributed by atoms with Crippen molar-refractivity contribution >= 4 is 37.7 Å². The number of benzene rings is 1. The quantitative estimate of drug-likeness (QED) is 0.601. The summed E-state index contributed by atoms with van der Waals surface area (Å²) >= 11 is 6.64. The van der Waals surface area contributed by atoms with Crippen LogP contribution in [0, 0.1) is 5.41 Å². The van der Waals surface area contributed by atoms with Gasteiger partial charge in [-0.3, -0.25) is 5.41 Å². The average molecular weight is 278 g/mol. The Labute approximate surface area is 81.6 Å². The second-order valence-electron chi connectivity index (χ2n) is 2.04. The third kappa shape index (κ3) is 2.04. The molecule has 58 valence electrons. The molecule has 0 aliphatic rings. The molecule has 0 bridgehead atoms. The van der Waals surface area contributed by atoms with Crippen LogP contribution in [0.4, 0.5) is 0 Å². The van der Waals surface area contributed by atoms with Crippen molar-refractivity contribution in [3.63, 3.8) is 0 Å². The Morgan fingerprint density at radius 2 is 1.91 bits per heavy atom. The summed E-state index contributed by atoms with van der Waals surface area (Å²) in [6.07, 6.45) is 0. The molecule has 0 heterocycles. The molecule has 0 spiro atoms. The van der Waals surface area contributed by atoms with Gasteiger partial charge in [0, 0.05) is 14.5 Å². The Bertz CT molecular complexity index is 296. The van der Waals surface area contributed by atoms with Crippen molar-refractivity contribution in [1.82, 2.24) is 0 Å². The third-order valence-corrected chi connectivity index (χ3v) is 3.11. The van der Waals surface area contributed by atoms with Crippen LogP contribution in [-0.2, 0) is 0 Å². The number of amidine groups is 1. The number of nitrogens with two attached hydrogens (primary N) is 1. The van der Waals surface area contributed by atoms with Gasteiger partial charge >= 0.3 is 0 Å². The van der Waals surface area contributed by atoms with Gasteiger partial charge in [-0.25, -0.2) is 0 Å². The molecular weight excluding hydrogens is 272 g/mol. The second kappa shape index (κ2) is 3.36. The van der Waals surface area contributed by atoms with Crippen molar-refractivity contribution in [1.29, 1.82) is 5.41 Å². The van der Waals surface area contributed by atoms with Crippen LogP contribution in [0.2, 0.25) is 0 Å². The first-order chi connectivity index (χ1) is 5.11. The number of nitrogens with one attached hydrogen (secondary N) is 1. The van der Waals surface area contributed by atoms with Crippen molar-refractivity contribution in [2.75, 3.05) is 0 Å². The van der Waals surface area contributed by atoms with E-state index in [1.807, 2.05) is 6.07 Å². The maximum Gasteiger partial charge on any atom is 0.122 e. The van der Waals surface area contributed by atoms with E-state index in [2.05, 4.69) is 31.9 Å². The van der Waals surface area contributed by atoms with Gasteiger partial charge in [0.2, 0.25) is 0 Å². The van der Waals surface area contributed by atoms with Crippen LogP contribution in [-0.4, -0.2) is 5.84 Å². The highest BCUT2D eigenvalue weighted by Crippen LogP contribution is 2.23. The van der Waals surface area contributed by atoms with E-state index in [4.69, 9.17) is 11.1 Å². The molecule has 0 saturated carbocycles. The molecule has 0 fully saturated rings. The van der Waals surface area contributed by atoms with Crippen molar-refractivity contribution in [3.05, 3.63) is 32.7 Å². The maximum atomic E-state index is 7.14. The minimum absolute atomic E-state index is 0.0817. The fraction of sp³-hybridized carbons (Fsp3) is 0. The van der Waals surface area contributed by atoms with E-state index >= 15 is 0 Å². The van der Waals surface area contributed by atoms with Gasteiger partial charge in [0.05, 0.1) is 0 Å². The minimum atomic E-state index is 0.0817. The van der Waals surface area contributed by atoms with Gasteiger partial charge in [0.25, 0.3) is 0 Å². The predicted octanol–water partition coefficient (Wildman–Crippen LogP) is 2.50. The fourth-order valence-electron chi connectivity index (χ4n) is 0.664. The lowest BCUT2D eigenvalue weighted by Crippen LogP contribution is -2.10. The lowest BCUT2D eigenvalue weighted by molar-refractivity contribution is 1.41. The number of hydrogen-bond acceptors (Lipinski definition) is 1. The molecule has 0 atom stereocenters. The van der Waals surface area contributed by atoms with Crippen LogP contribution in [0.1, 0.15) is 5.56 Å². The normalized spacial score (nSPS) is 9.64. The van der Waals surface area contributed by atoms with Crippen molar-refractivity contribution in [3.8, 4) is 0 Å². The van der Waals surface area contributed by atoms with Gasteiger partial charge in [0.1, 0.15) is 5.84 Å². The molecule has 0 unspecified atom stereocenters. The molecule has 1 aromatic rings. The standard InChI is InChI=1S/C7H6Br2N2/c8-5-2-1-4(7(10)11)3-6(5)9/h1-3H,(H3,10,11). The SMILES string of the molecule is N=C(N)c1ccc(Br)c(Br)c1. The van der Waals surface area contributed by atoms with Gasteiger partial charge in [-0.2, -0.15) is 0 Å². The summed E-state index contributed by atoms with van der Waals surface area (Å²) in [6.45, 7) is 0. The summed E-state index contributed by atoms with van der Waals surface area (Å²) in [5.41, 5.74) is 6.00. The van der Waals surface area contributed by atoms with E-state index < -0.39 is 0 Å². The lowest BCUT2D eigenvalue weighted by Gasteiger charge is -1.99. The second-order valence-corrected chi connectivity index (χ2v) is 3.75. The summed E-state index contributed by atoms with van der Waals surface area (Å²) in [7, 11) is 0. The van der Waals surface area contributed by atoms with E-state index in [0.717, 1.165) is 14.5 Å². The Morgan fingerprint density at radius 1 is 1.27 bits per heavy atom. The van der Waals surface area contributed by atoms with Gasteiger partial charge < -0.3 is 5.73 Å². The number of halogens is 2. The molecule has 4 heteroatoms. The first-order valence-electron chi connectivity index (χ1n) is 2.90. The summed E-state index contributed by atoms with van der Waals surface area (Å²) in [6, 6.07) is 5.43. The Kier molecular flexibility index (Phi) is 2.67. The largest absolute Gasteiger partial charge is 0.384 e. The smallest absolute Gasteiger partial charge is 0.122 e. The number of hydrogen-bond donors (Lipinski definition) is 2. The van der Waals surface area contributed by atoms with E-state index in [9.17, 15) is 0 Å². The van der Waals surface area contributed by atoms with Crippen molar-refractivity contribution in [2.45, 2.75) is 0 Å². The third-order valence-electron chi connectivity index (χ3n) is 1.23. The number of nitrogen functional groups attached to an aromatic ring is 1. The van der Waals surface area contributed by atoms with Crippen LogP contribution < -0.4 is 5.73 Å². The monoisotopic (exact) mass is 276 g/mol. The molecule has 0 aliphatic heterocycles. The molecular formula is C7H6Br2N2. The van der Waals surface area contributed by atoms with Crippen LogP contribution in [0.5, 0.6) is 0 Å². The predicted molar refractivity (Wildman–Crippen MR) is 52.9 cm³/mol. The van der Waals surface area contributed by atoms with Crippen molar-refractivity contribution in [2.24, 2.45) is 5.73 Å². The van der Waals surface area contributed by atoms with Crippen LogP contribution in [0.3, 0.4) is 0 Å². The van der Waals surface area contributed by atoms with E-state index in [1.54, 1.807) is 12.1 Å². The van der Waals surface area contributed by atoms with E-state index in [0.29, 0.717) is 0 Å². The average Bonchev–Trinajstić information content (AvgIpc) is 1.94. The fourth-order valence-corrected chi connectivity index (χ4v) is 1.29. The van der Waals surface area contributed by atoms with Gasteiger partial charge in [-0.05, 0) is 44.0 Å². The maximum absolute atomic E-state index is 7.14. The van der Waals surface area contributed by atoms with Gasteiger partial charge in [-0.15, -0.1) is 0 Å². The summed E-state index contributed by atoms with van der Waals surface area (Å²) in [4.78, 5) is 0. The zero-order valence-electron chi connectivity index (χ0n) is 5.57. The van der Waals surface area contributed by atoms with E-state index in [1.165, 1.54) is 0 Å². The highest BCUT2D eigenvalue weighted by Gasteiger charge is 1.99. The topological polar surface area (TPSA) is 49.9 Å². The van der Waals surface area contributed by atoms with E-state index in [-0.39, 0.29) is 5.84 Å². The number of rotatable bonds is 1. The minimum Gasteiger partial charge on any atom is -0.384 e. The lowest BCUT2D eigenvalue weighted by atomic mass is 10.2. The van der Waals surface area contributed by atoms with Crippen molar-refractivity contribution < 1.29 is 0 Å². The molecule has 0 aliphatic carbocycles. The zero-order valence-corrected chi connectivity index (χ0v) is 8.74. The molecule has 0 aromatic heterocycles. The van der Waals surface area contributed by atoms with Crippen LogP contribution >= 0.6 is 31.9 Å². The Hall–Kier alpha value is -0.350. The summed E-state index contributed by atoms with van der Waals surface area (Å²) in [5.74, 6) is 0.0817. The molecule has 11 heavy (non-hydrogen) atoms. The van der Waals surface area contributed by atoms with Crippen LogP contribution in [0.25, 0.3) is 0 Å². The molecule has 3 N–H and O–H groups in total. The van der Waals surface area contributed by atoms with Gasteiger partial charge in [-0.1, -0.05) is 6.07 Å². The Morgan fingerprint density at radius 3 is 2.36 bits per heavy atom. The summed E-state index contributed by atoms with van der Waals surface area (Å²) in [5, 5.41) is 7.14. The summed E-state index contributed by atoms with van der Waals surface area (Å²) < 4.78 is 1.87. The molecule has 0 amide bonds. The zero-order chi connectivity index (χ0) is 8.43. The molecule has 0 saturated heterocycles. The highest BCUT2D eigenvalue weighted by atomic mass is 79.9. The first-order valence-corrected chi connectivity index (χ1v) is 4.49. The van der Waals surface area contributed by atoms with Crippen LogP contribution in [0.15, 0.2) is 27.1 Å². The molecule has 0 radical (unpaired) electrons. The molecule has 2 nitrogen and oxygen atoms in total. The molecule has 1 aromatic carbocycles. The highest BCUT2D eigenvalue weighted by molar-refractivity contribution is 9.13. The first kappa shape index (κ1) is 8.74. The van der Waals surface area contributed by atoms with Gasteiger partial charge in [0.15, 0.2) is 0 Å². The Balaban J connectivity index is 3.15.